The molecule has 2 aromatic carbocycles. The van der Waals surface area contributed by atoms with E-state index in [9.17, 15) is 4.79 Å². The number of aryl methyl sites for hydroxylation is 1. The third-order valence-corrected chi connectivity index (χ3v) is 5.78. The predicted octanol–water partition coefficient (Wildman–Crippen LogP) is 5.14. The van der Waals surface area contributed by atoms with Gasteiger partial charge in [-0.1, -0.05) is 64.8 Å². The molecule has 1 amide bonds. The number of hydrogen-bond acceptors (Lipinski definition) is 5. The van der Waals surface area contributed by atoms with Crippen LogP contribution in [0.4, 0.5) is 5.69 Å². The fourth-order valence-electron chi connectivity index (χ4n) is 2.64. The molecule has 6 nitrogen and oxygen atoms in total. The highest BCUT2D eigenvalue weighted by Crippen LogP contribution is 2.25. The van der Waals surface area contributed by atoms with Gasteiger partial charge in [0, 0.05) is 11.3 Å². The third kappa shape index (κ3) is 4.53. The average Bonchev–Trinajstić information content (AvgIpc) is 3.12. The largest absolute Gasteiger partial charge is 0.325 e. The van der Waals surface area contributed by atoms with E-state index in [1.54, 1.807) is 22.7 Å². The van der Waals surface area contributed by atoms with Crippen LogP contribution >= 0.6 is 35.0 Å². The summed E-state index contributed by atoms with van der Waals surface area (Å²) < 4.78 is 1.65. The summed E-state index contributed by atoms with van der Waals surface area (Å²) in [7, 11) is 0. The molecule has 4 aromatic rings. The van der Waals surface area contributed by atoms with E-state index >= 15 is 0 Å². The highest BCUT2D eigenvalue weighted by molar-refractivity contribution is 7.99. The van der Waals surface area contributed by atoms with Crippen LogP contribution in [-0.2, 0) is 4.79 Å². The quantitative estimate of drug-likeness (QED) is 0.432. The molecule has 0 aliphatic carbocycles. The zero-order valence-electron chi connectivity index (χ0n) is 15.3. The first kappa shape index (κ1) is 19.7. The van der Waals surface area contributed by atoms with Gasteiger partial charge in [-0.2, -0.15) is 9.61 Å². The zero-order valence-corrected chi connectivity index (χ0v) is 17.6. The molecule has 2 heterocycles. The van der Waals surface area contributed by atoms with E-state index < -0.39 is 0 Å². The first-order valence-corrected chi connectivity index (χ1v) is 10.4. The van der Waals surface area contributed by atoms with Crippen molar-refractivity contribution in [2.24, 2.45) is 0 Å². The number of anilines is 1. The Morgan fingerprint density at radius 1 is 1.03 bits per heavy atom. The maximum absolute atomic E-state index is 12.3. The summed E-state index contributed by atoms with van der Waals surface area (Å²) in [6, 6.07) is 16.8. The Morgan fingerprint density at radius 3 is 2.59 bits per heavy atom. The van der Waals surface area contributed by atoms with Gasteiger partial charge >= 0.3 is 0 Å². The number of carbonyl (C=O) groups excluding carboxylic acids is 1. The molecule has 0 aliphatic rings. The van der Waals surface area contributed by atoms with Crippen LogP contribution in [0.3, 0.4) is 0 Å². The van der Waals surface area contributed by atoms with E-state index in [4.69, 9.17) is 23.2 Å². The average molecular weight is 444 g/mol. The van der Waals surface area contributed by atoms with Crippen LogP contribution in [0.25, 0.3) is 16.9 Å². The van der Waals surface area contributed by atoms with E-state index in [0.717, 1.165) is 11.3 Å². The SMILES string of the molecule is Cc1ccc(-c2ccc3nnc(SCC(=O)Nc4ccc(Cl)c(Cl)c4)n3n2)cc1. The normalized spacial score (nSPS) is 11.0. The summed E-state index contributed by atoms with van der Waals surface area (Å²) in [5.41, 5.74) is 4.19. The monoisotopic (exact) mass is 443 g/mol. The number of aromatic nitrogens is 4. The summed E-state index contributed by atoms with van der Waals surface area (Å²) in [6.45, 7) is 2.04. The topological polar surface area (TPSA) is 72.2 Å². The molecule has 0 aliphatic heterocycles. The molecule has 0 fully saturated rings. The second kappa shape index (κ2) is 8.41. The molecule has 2 aromatic heterocycles. The summed E-state index contributed by atoms with van der Waals surface area (Å²) in [5, 5.41) is 17.0. The van der Waals surface area contributed by atoms with E-state index in [0.29, 0.717) is 26.5 Å². The lowest BCUT2D eigenvalue weighted by molar-refractivity contribution is -0.113. The van der Waals surface area contributed by atoms with Gasteiger partial charge in [0.05, 0.1) is 21.5 Å². The maximum Gasteiger partial charge on any atom is 0.234 e. The number of nitrogens with one attached hydrogen (secondary N) is 1. The predicted molar refractivity (Wildman–Crippen MR) is 117 cm³/mol. The molecule has 1 N–H and O–H groups in total. The minimum Gasteiger partial charge on any atom is -0.325 e. The molecular weight excluding hydrogens is 429 g/mol. The van der Waals surface area contributed by atoms with Crippen molar-refractivity contribution >= 4 is 52.2 Å². The molecule has 0 bridgehead atoms. The summed E-state index contributed by atoms with van der Waals surface area (Å²) in [4.78, 5) is 12.3. The van der Waals surface area contributed by atoms with E-state index in [1.165, 1.54) is 17.3 Å². The van der Waals surface area contributed by atoms with Gasteiger partial charge in [-0.3, -0.25) is 4.79 Å². The number of thioether (sulfide) groups is 1. The van der Waals surface area contributed by atoms with E-state index in [1.807, 2.05) is 43.3 Å². The standard InChI is InChI=1S/C20H15Cl2N5OS/c1-12-2-4-13(5-3-12)17-8-9-18-24-25-20(27(18)26-17)29-11-19(28)23-14-6-7-15(21)16(22)10-14/h2-10H,11H2,1H3,(H,23,28). The van der Waals surface area contributed by atoms with E-state index in [-0.39, 0.29) is 11.7 Å². The van der Waals surface area contributed by atoms with Gasteiger partial charge in [-0.05, 0) is 37.3 Å². The number of nitrogens with zero attached hydrogens (tertiary/aromatic N) is 4. The third-order valence-electron chi connectivity index (χ3n) is 4.12. The first-order valence-electron chi connectivity index (χ1n) is 8.67. The van der Waals surface area contributed by atoms with Gasteiger partial charge in [0.25, 0.3) is 0 Å². The second-order valence-corrected chi connectivity index (χ2v) is 8.06. The van der Waals surface area contributed by atoms with Gasteiger partial charge in [0.15, 0.2) is 5.65 Å². The van der Waals surface area contributed by atoms with Crippen LogP contribution in [0.15, 0.2) is 59.8 Å². The van der Waals surface area contributed by atoms with Crippen molar-refractivity contribution in [3.63, 3.8) is 0 Å². The van der Waals surface area contributed by atoms with Gasteiger partial charge in [0.2, 0.25) is 11.1 Å². The Bertz CT molecular complexity index is 1190. The van der Waals surface area contributed by atoms with Crippen molar-refractivity contribution in [2.45, 2.75) is 12.1 Å². The Kier molecular flexibility index (Phi) is 5.71. The van der Waals surface area contributed by atoms with Gasteiger partial charge in [-0.25, -0.2) is 0 Å². The number of hydrogen-bond donors (Lipinski definition) is 1. The molecule has 9 heteroatoms. The molecule has 0 atom stereocenters. The smallest absolute Gasteiger partial charge is 0.234 e. The molecule has 146 valence electrons. The minimum atomic E-state index is -0.195. The maximum atomic E-state index is 12.3. The lowest BCUT2D eigenvalue weighted by Gasteiger charge is -2.06. The molecule has 0 unspecified atom stereocenters. The highest BCUT2D eigenvalue weighted by Gasteiger charge is 2.12. The van der Waals surface area contributed by atoms with Crippen molar-refractivity contribution < 1.29 is 4.79 Å². The first-order chi connectivity index (χ1) is 14.0. The van der Waals surface area contributed by atoms with Crippen molar-refractivity contribution in [2.75, 3.05) is 11.1 Å². The number of benzene rings is 2. The summed E-state index contributed by atoms with van der Waals surface area (Å²) in [6.07, 6.45) is 0. The fourth-order valence-corrected chi connectivity index (χ4v) is 3.62. The minimum absolute atomic E-state index is 0.150. The molecular formula is C20H15Cl2N5OS. The highest BCUT2D eigenvalue weighted by atomic mass is 35.5. The fraction of sp³-hybridized carbons (Fsp3) is 0.100. The Morgan fingerprint density at radius 2 is 1.83 bits per heavy atom. The lowest BCUT2D eigenvalue weighted by atomic mass is 10.1. The molecule has 0 radical (unpaired) electrons. The lowest BCUT2D eigenvalue weighted by Crippen LogP contribution is -2.14. The number of halogens is 2. The van der Waals surface area contributed by atoms with E-state index in [2.05, 4.69) is 20.6 Å². The Labute approximate surface area is 181 Å². The Balaban J connectivity index is 1.48. The molecule has 4 rings (SSSR count). The summed E-state index contributed by atoms with van der Waals surface area (Å²) in [5.74, 6) is -0.0443. The van der Waals surface area contributed by atoms with Gasteiger partial charge in [-0.15, -0.1) is 10.2 Å². The van der Waals surface area contributed by atoms with Gasteiger partial charge < -0.3 is 5.32 Å². The number of fused-ring (bicyclic) bond motifs is 1. The van der Waals surface area contributed by atoms with Gasteiger partial charge in [0.1, 0.15) is 0 Å². The second-order valence-electron chi connectivity index (χ2n) is 6.30. The van der Waals surface area contributed by atoms with Crippen molar-refractivity contribution in [1.29, 1.82) is 0 Å². The number of amides is 1. The summed E-state index contributed by atoms with van der Waals surface area (Å²) >= 11 is 13.1. The van der Waals surface area contributed by atoms with Crippen LogP contribution in [0.1, 0.15) is 5.56 Å². The van der Waals surface area contributed by atoms with Crippen molar-refractivity contribution in [3.8, 4) is 11.3 Å². The molecule has 29 heavy (non-hydrogen) atoms. The van der Waals surface area contributed by atoms with Crippen LogP contribution in [0.2, 0.25) is 10.0 Å². The van der Waals surface area contributed by atoms with Crippen LogP contribution in [0.5, 0.6) is 0 Å². The van der Waals surface area contributed by atoms with Crippen LogP contribution in [-0.4, -0.2) is 31.5 Å². The Hall–Kier alpha value is -2.61. The van der Waals surface area contributed by atoms with Crippen molar-refractivity contribution in [3.05, 3.63) is 70.2 Å². The number of carbonyl (C=O) groups is 1. The van der Waals surface area contributed by atoms with Crippen LogP contribution < -0.4 is 5.32 Å². The zero-order chi connectivity index (χ0) is 20.4. The van der Waals surface area contributed by atoms with Crippen LogP contribution in [0, 0.1) is 6.92 Å². The van der Waals surface area contributed by atoms with Crippen molar-refractivity contribution in [1.82, 2.24) is 19.8 Å². The molecule has 0 saturated carbocycles. The number of rotatable bonds is 5. The molecule has 0 saturated heterocycles. The molecule has 0 spiro atoms.